The number of anilines is 1. The number of carbonyl (C=O) groups excluding carboxylic acids is 1. The van der Waals surface area contributed by atoms with Crippen LogP contribution in [0.25, 0.3) is 10.2 Å². The summed E-state index contributed by atoms with van der Waals surface area (Å²) in [6.07, 6.45) is 2.55. The van der Waals surface area contributed by atoms with Gasteiger partial charge < -0.3 is 9.47 Å². The Morgan fingerprint density at radius 1 is 1.17 bits per heavy atom. The topological polar surface area (TPSA) is 64.6 Å². The normalized spacial score (nSPS) is 15.2. The molecule has 30 heavy (non-hydrogen) atoms. The number of hydrogen-bond acceptors (Lipinski definition) is 6. The van der Waals surface area contributed by atoms with E-state index < -0.39 is 6.10 Å². The third-order valence-electron chi connectivity index (χ3n) is 4.68. The first-order valence-corrected chi connectivity index (χ1v) is 10.1. The van der Waals surface area contributed by atoms with Crippen LogP contribution in [0.15, 0.2) is 67.0 Å². The average Bonchev–Trinajstić information content (AvgIpc) is 3.20. The Labute approximate surface area is 175 Å². The van der Waals surface area contributed by atoms with Crippen LogP contribution in [-0.4, -0.2) is 28.6 Å². The Morgan fingerprint density at radius 2 is 2.03 bits per heavy atom. The summed E-state index contributed by atoms with van der Waals surface area (Å²) in [6.45, 7) is 0.357. The SMILES string of the molecule is O=C(C1COc2ccccc2O1)N(Cc1cccnc1)c1nc2ccc(F)cc2s1. The van der Waals surface area contributed by atoms with Gasteiger partial charge >= 0.3 is 0 Å². The minimum Gasteiger partial charge on any atom is -0.485 e. The second-order valence-corrected chi connectivity index (χ2v) is 7.77. The third-order valence-corrected chi connectivity index (χ3v) is 5.72. The van der Waals surface area contributed by atoms with Gasteiger partial charge in [-0.15, -0.1) is 0 Å². The number of thiazole rings is 1. The van der Waals surface area contributed by atoms with Gasteiger partial charge in [0, 0.05) is 12.4 Å². The molecule has 2 aromatic heterocycles. The van der Waals surface area contributed by atoms with Gasteiger partial charge in [0.15, 0.2) is 16.6 Å². The van der Waals surface area contributed by atoms with E-state index in [9.17, 15) is 9.18 Å². The number of fused-ring (bicyclic) bond motifs is 2. The number of pyridine rings is 1. The van der Waals surface area contributed by atoms with Crippen molar-refractivity contribution in [2.45, 2.75) is 12.6 Å². The van der Waals surface area contributed by atoms with Gasteiger partial charge in [0.25, 0.3) is 5.91 Å². The number of nitrogens with zero attached hydrogens (tertiary/aromatic N) is 3. The fraction of sp³-hybridized carbons (Fsp3) is 0.136. The highest BCUT2D eigenvalue weighted by Crippen LogP contribution is 2.34. The van der Waals surface area contributed by atoms with Gasteiger partial charge in [-0.05, 0) is 42.0 Å². The van der Waals surface area contributed by atoms with Crippen LogP contribution in [0.3, 0.4) is 0 Å². The molecule has 0 aliphatic carbocycles. The number of benzene rings is 2. The second kappa shape index (κ2) is 7.72. The van der Waals surface area contributed by atoms with Gasteiger partial charge in [0.2, 0.25) is 6.10 Å². The van der Waals surface area contributed by atoms with Crippen LogP contribution in [0.5, 0.6) is 11.5 Å². The molecular formula is C22H16FN3O3S. The smallest absolute Gasteiger partial charge is 0.273 e. The molecule has 0 radical (unpaired) electrons. The molecule has 0 saturated heterocycles. The van der Waals surface area contributed by atoms with Crippen LogP contribution < -0.4 is 14.4 Å². The molecule has 3 heterocycles. The summed E-state index contributed by atoms with van der Waals surface area (Å²) in [7, 11) is 0. The molecule has 0 bridgehead atoms. The molecule has 0 spiro atoms. The first-order valence-electron chi connectivity index (χ1n) is 9.32. The molecule has 4 aromatic rings. The predicted octanol–water partition coefficient (Wildman–Crippen LogP) is 4.20. The largest absolute Gasteiger partial charge is 0.485 e. The van der Waals surface area contributed by atoms with Crippen LogP contribution in [0.1, 0.15) is 5.56 Å². The highest BCUT2D eigenvalue weighted by Gasteiger charge is 2.33. The summed E-state index contributed by atoms with van der Waals surface area (Å²) in [4.78, 5) is 23.7. The van der Waals surface area contributed by atoms with Crippen molar-refractivity contribution in [3.63, 3.8) is 0 Å². The van der Waals surface area contributed by atoms with Crippen molar-refractivity contribution >= 4 is 32.6 Å². The molecule has 0 N–H and O–H groups in total. The molecule has 150 valence electrons. The number of halogens is 1. The van der Waals surface area contributed by atoms with Crippen molar-refractivity contribution in [3.05, 3.63) is 78.4 Å². The average molecular weight is 421 g/mol. The van der Waals surface area contributed by atoms with Crippen molar-refractivity contribution in [1.29, 1.82) is 0 Å². The summed E-state index contributed by atoms with van der Waals surface area (Å²) in [6, 6.07) is 15.3. The summed E-state index contributed by atoms with van der Waals surface area (Å²) in [5, 5.41) is 0.465. The van der Waals surface area contributed by atoms with E-state index in [1.165, 1.54) is 23.5 Å². The fourth-order valence-corrected chi connectivity index (χ4v) is 4.23. The maximum atomic E-state index is 13.6. The Morgan fingerprint density at radius 3 is 2.87 bits per heavy atom. The van der Waals surface area contributed by atoms with Gasteiger partial charge in [0.1, 0.15) is 12.4 Å². The molecule has 2 aromatic carbocycles. The van der Waals surface area contributed by atoms with Crippen molar-refractivity contribution in [3.8, 4) is 11.5 Å². The molecule has 8 heteroatoms. The monoisotopic (exact) mass is 421 g/mol. The molecule has 0 saturated carbocycles. The van der Waals surface area contributed by atoms with E-state index in [-0.39, 0.29) is 24.9 Å². The molecule has 1 aliphatic heterocycles. The standard InChI is InChI=1S/C22H16FN3O3S/c23-15-7-8-16-20(10-15)30-22(25-16)26(12-14-4-3-9-24-11-14)21(27)19-13-28-17-5-1-2-6-18(17)29-19/h1-11,19H,12-13H2. The predicted molar refractivity (Wildman–Crippen MR) is 111 cm³/mol. The van der Waals surface area contributed by atoms with E-state index in [0.717, 1.165) is 5.56 Å². The molecule has 1 unspecified atom stereocenters. The van der Waals surface area contributed by atoms with E-state index >= 15 is 0 Å². The number of aromatic nitrogens is 2. The second-order valence-electron chi connectivity index (χ2n) is 6.76. The summed E-state index contributed by atoms with van der Waals surface area (Å²) in [5.41, 5.74) is 1.47. The van der Waals surface area contributed by atoms with E-state index in [4.69, 9.17) is 9.47 Å². The quantitative estimate of drug-likeness (QED) is 0.494. The van der Waals surface area contributed by atoms with Crippen LogP contribution in [0, 0.1) is 5.82 Å². The Hall–Kier alpha value is -3.52. The molecule has 5 rings (SSSR count). The fourth-order valence-electron chi connectivity index (χ4n) is 3.23. The lowest BCUT2D eigenvalue weighted by Crippen LogP contribution is -2.46. The number of ether oxygens (including phenoxy) is 2. The van der Waals surface area contributed by atoms with Crippen LogP contribution in [0.2, 0.25) is 0 Å². The van der Waals surface area contributed by atoms with E-state index in [0.29, 0.717) is 26.8 Å². The minimum atomic E-state index is -0.819. The number of carbonyl (C=O) groups is 1. The zero-order valence-corrected chi connectivity index (χ0v) is 16.5. The molecule has 6 nitrogen and oxygen atoms in total. The number of rotatable bonds is 4. The summed E-state index contributed by atoms with van der Waals surface area (Å²) >= 11 is 1.25. The Bertz CT molecular complexity index is 1210. The highest BCUT2D eigenvalue weighted by molar-refractivity contribution is 7.22. The van der Waals surface area contributed by atoms with Gasteiger partial charge in [-0.2, -0.15) is 0 Å². The lowest BCUT2D eigenvalue weighted by molar-refractivity contribution is -0.127. The maximum absolute atomic E-state index is 13.6. The van der Waals surface area contributed by atoms with Crippen molar-refractivity contribution in [2.75, 3.05) is 11.5 Å². The molecule has 0 fully saturated rings. The van der Waals surface area contributed by atoms with E-state index in [1.807, 2.05) is 24.3 Å². The van der Waals surface area contributed by atoms with Gasteiger partial charge in [-0.3, -0.25) is 14.7 Å². The number of amides is 1. The lowest BCUT2D eigenvalue weighted by Gasteiger charge is -2.29. The maximum Gasteiger partial charge on any atom is 0.273 e. The third kappa shape index (κ3) is 3.57. The number of hydrogen-bond donors (Lipinski definition) is 0. The van der Waals surface area contributed by atoms with Gasteiger partial charge in [-0.1, -0.05) is 29.5 Å². The van der Waals surface area contributed by atoms with Gasteiger partial charge in [-0.25, -0.2) is 9.37 Å². The highest BCUT2D eigenvalue weighted by atomic mass is 32.1. The first kappa shape index (κ1) is 18.5. The van der Waals surface area contributed by atoms with Crippen molar-refractivity contribution in [1.82, 2.24) is 9.97 Å². The Balaban J connectivity index is 1.49. The van der Waals surface area contributed by atoms with Crippen LogP contribution in [0.4, 0.5) is 9.52 Å². The summed E-state index contributed by atoms with van der Waals surface area (Å²) in [5.74, 6) is 0.502. The molecule has 1 atom stereocenters. The molecular weight excluding hydrogens is 405 g/mol. The van der Waals surface area contributed by atoms with Crippen molar-refractivity contribution < 1.29 is 18.7 Å². The summed E-state index contributed by atoms with van der Waals surface area (Å²) < 4.78 is 25.9. The van der Waals surface area contributed by atoms with Crippen LogP contribution in [-0.2, 0) is 11.3 Å². The molecule has 1 amide bonds. The zero-order chi connectivity index (χ0) is 20.5. The van der Waals surface area contributed by atoms with Crippen LogP contribution >= 0.6 is 11.3 Å². The van der Waals surface area contributed by atoms with Gasteiger partial charge in [0.05, 0.1) is 16.8 Å². The zero-order valence-electron chi connectivity index (χ0n) is 15.7. The Kier molecular flexibility index (Phi) is 4.76. The lowest BCUT2D eigenvalue weighted by atomic mass is 10.2. The first-order chi connectivity index (χ1) is 14.7. The minimum absolute atomic E-state index is 0.0961. The number of para-hydroxylation sites is 2. The molecule has 1 aliphatic rings. The van der Waals surface area contributed by atoms with Crippen molar-refractivity contribution in [2.24, 2.45) is 0 Å². The van der Waals surface area contributed by atoms with E-state index in [1.54, 1.807) is 35.5 Å². The van der Waals surface area contributed by atoms with E-state index in [2.05, 4.69) is 9.97 Å².